The lowest BCUT2D eigenvalue weighted by atomic mass is 10.2. The second kappa shape index (κ2) is 7.97. The molecule has 0 radical (unpaired) electrons. The van der Waals surface area contributed by atoms with Crippen LogP contribution in [0.15, 0.2) is 0 Å². The molecular formula is C13H26ClN3O. The van der Waals surface area contributed by atoms with Crippen LogP contribution in [0, 0.1) is 0 Å². The van der Waals surface area contributed by atoms with E-state index in [9.17, 15) is 4.79 Å². The van der Waals surface area contributed by atoms with E-state index in [1.54, 1.807) is 0 Å². The number of nitrogens with one attached hydrogen (secondary N) is 2. The summed E-state index contributed by atoms with van der Waals surface area (Å²) in [5.41, 5.74) is 0. The Morgan fingerprint density at radius 1 is 1.39 bits per heavy atom. The van der Waals surface area contributed by atoms with E-state index in [-0.39, 0.29) is 12.4 Å². The molecule has 2 fully saturated rings. The molecule has 1 aliphatic carbocycles. The molecule has 1 saturated heterocycles. The van der Waals surface area contributed by atoms with Crippen molar-refractivity contribution < 1.29 is 4.79 Å². The average Bonchev–Trinajstić information content (AvgIpc) is 3.03. The second-order valence-electron chi connectivity index (χ2n) is 5.28. The van der Waals surface area contributed by atoms with E-state index < -0.39 is 0 Å². The van der Waals surface area contributed by atoms with E-state index >= 15 is 0 Å². The molecule has 1 atom stereocenters. The minimum Gasteiger partial charge on any atom is -0.338 e. The highest BCUT2D eigenvalue weighted by Gasteiger charge is 2.33. The van der Waals surface area contributed by atoms with Crippen LogP contribution in [0.25, 0.3) is 0 Å². The molecule has 106 valence electrons. The normalized spacial score (nSPS) is 22.6. The van der Waals surface area contributed by atoms with Crippen molar-refractivity contribution in [2.75, 3.05) is 26.7 Å². The van der Waals surface area contributed by atoms with Crippen LogP contribution >= 0.6 is 12.4 Å². The summed E-state index contributed by atoms with van der Waals surface area (Å²) in [6.07, 6.45) is 6.57. The van der Waals surface area contributed by atoms with Crippen molar-refractivity contribution >= 4 is 18.3 Å². The summed E-state index contributed by atoms with van der Waals surface area (Å²) in [4.78, 5) is 14.3. The van der Waals surface area contributed by atoms with Crippen LogP contribution in [0.3, 0.4) is 0 Å². The van der Waals surface area contributed by atoms with E-state index in [0.717, 1.165) is 26.1 Å². The predicted molar refractivity (Wildman–Crippen MR) is 76.2 cm³/mol. The molecule has 1 saturated carbocycles. The lowest BCUT2D eigenvalue weighted by molar-refractivity contribution is -0.132. The van der Waals surface area contributed by atoms with Gasteiger partial charge in [0.15, 0.2) is 0 Å². The van der Waals surface area contributed by atoms with Gasteiger partial charge in [-0.15, -0.1) is 12.4 Å². The highest BCUT2D eigenvalue weighted by molar-refractivity contribution is 5.85. The van der Waals surface area contributed by atoms with Crippen LogP contribution in [0.4, 0.5) is 0 Å². The number of hydrogen-bond acceptors (Lipinski definition) is 3. The second-order valence-corrected chi connectivity index (χ2v) is 5.28. The molecule has 2 aliphatic rings. The summed E-state index contributed by atoms with van der Waals surface area (Å²) in [7, 11) is 1.94. The Bertz CT molecular complexity index is 253. The lowest BCUT2D eigenvalue weighted by Crippen LogP contribution is -2.42. The first-order valence-corrected chi connectivity index (χ1v) is 6.98. The Hall–Kier alpha value is -0.320. The van der Waals surface area contributed by atoms with Crippen LogP contribution in [-0.2, 0) is 4.79 Å². The van der Waals surface area contributed by atoms with Gasteiger partial charge in [-0.05, 0) is 52.2 Å². The van der Waals surface area contributed by atoms with Gasteiger partial charge in [-0.25, -0.2) is 0 Å². The number of hydrogen-bond donors (Lipinski definition) is 2. The molecule has 1 heterocycles. The fourth-order valence-corrected chi connectivity index (χ4v) is 2.55. The maximum absolute atomic E-state index is 12.2. The zero-order valence-electron chi connectivity index (χ0n) is 11.3. The van der Waals surface area contributed by atoms with E-state index in [0.29, 0.717) is 24.4 Å². The first-order valence-electron chi connectivity index (χ1n) is 6.98. The number of carbonyl (C=O) groups is 1. The Morgan fingerprint density at radius 2 is 2.17 bits per heavy atom. The van der Waals surface area contributed by atoms with Gasteiger partial charge < -0.3 is 15.5 Å². The molecular weight excluding hydrogens is 250 g/mol. The molecule has 18 heavy (non-hydrogen) atoms. The van der Waals surface area contributed by atoms with Gasteiger partial charge in [0, 0.05) is 25.0 Å². The molecule has 2 N–H and O–H groups in total. The van der Waals surface area contributed by atoms with Gasteiger partial charge in [0.05, 0.1) is 0 Å². The molecule has 2 rings (SSSR count). The minimum atomic E-state index is 0. The zero-order chi connectivity index (χ0) is 12.1. The molecule has 4 nitrogen and oxygen atoms in total. The van der Waals surface area contributed by atoms with Crippen LogP contribution in [0.1, 0.15) is 38.5 Å². The number of amides is 1. The molecule has 0 aromatic rings. The summed E-state index contributed by atoms with van der Waals surface area (Å²) in [6.45, 7) is 2.99. The highest BCUT2D eigenvalue weighted by Crippen LogP contribution is 2.28. The molecule has 0 spiro atoms. The maximum atomic E-state index is 12.2. The van der Waals surface area contributed by atoms with Gasteiger partial charge in [-0.1, -0.05) is 0 Å². The summed E-state index contributed by atoms with van der Waals surface area (Å²) in [6, 6.07) is 1.10. The molecule has 0 bridgehead atoms. The van der Waals surface area contributed by atoms with Crippen LogP contribution < -0.4 is 10.6 Å². The van der Waals surface area contributed by atoms with Crippen molar-refractivity contribution in [2.24, 2.45) is 0 Å². The number of rotatable bonds is 7. The van der Waals surface area contributed by atoms with Gasteiger partial charge in [0.1, 0.15) is 0 Å². The van der Waals surface area contributed by atoms with E-state index in [4.69, 9.17) is 0 Å². The van der Waals surface area contributed by atoms with Gasteiger partial charge in [0.25, 0.3) is 0 Å². The van der Waals surface area contributed by atoms with Crippen LogP contribution in [0.5, 0.6) is 0 Å². The molecule has 0 aromatic carbocycles. The van der Waals surface area contributed by atoms with Gasteiger partial charge in [0.2, 0.25) is 5.91 Å². The molecule has 1 aliphatic heterocycles. The standard InChI is InChI=1S/C13H25N3O.ClH/c1-14-8-3-5-13(17)16(12-6-7-12)10-11-4-2-9-15-11;/h11-12,14-15H,2-10H2,1H3;1H. The van der Waals surface area contributed by atoms with Crippen molar-refractivity contribution in [3.05, 3.63) is 0 Å². The molecule has 5 heteroatoms. The van der Waals surface area contributed by atoms with Crippen molar-refractivity contribution in [3.8, 4) is 0 Å². The SMILES string of the molecule is CNCCCC(=O)N(CC1CCCN1)C1CC1.Cl. The van der Waals surface area contributed by atoms with Crippen molar-refractivity contribution in [1.29, 1.82) is 0 Å². The fraction of sp³-hybridized carbons (Fsp3) is 0.923. The predicted octanol–water partition coefficient (Wildman–Crippen LogP) is 1.15. The summed E-state index contributed by atoms with van der Waals surface area (Å²) < 4.78 is 0. The van der Waals surface area contributed by atoms with Gasteiger partial charge in [-0.2, -0.15) is 0 Å². The summed E-state index contributed by atoms with van der Waals surface area (Å²) >= 11 is 0. The van der Waals surface area contributed by atoms with Gasteiger partial charge in [-0.3, -0.25) is 4.79 Å². The first kappa shape index (κ1) is 15.7. The average molecular weight is 276 g/mol. The third-order valence-electron chi connectivity index (χ3n) is 3.70. The van der Waals surface area contributed by atoms with Crippen LogP contribution in [-0.4, -0.2) is 49.6 Å². The van der Waals surface area contributed by atoms with Gasteiger partial charge >= 0.3 is 0 Å². The van der Waals surface area contributed by atoms with E-state index in [1.807, 2.05) is 7.05 Å². The molecule has 1 unspecified atom stereocenters. The Kier molecular flexibility index (Phi) is 6.97. The smallest absolute Gasteiger partial charge is 0.222 e. The topological polar surface area (TPSA) is 44.4 Å². The monoisotopic (exact) mass is 275 g/mol. The largest absolute Gasteiger partial charge is 0.338 e. The quantitative estimate of drug-likeness (QED) is 0.685. The summed E-state index contributed by atoms with van der Waals surface area (Å²) in [5.74, 6) is 0.358. The third-order valence-corrected chi connectivity index (χ3v) is 3.70. The Balaban J connectivity index is 0.00000162. The van der Waals surface area contributed by atoms with Crippen LogP contribution in [0.2, 0.25) is 0 Å². The fourth-order valence-electron chi connectivity index (χ4n) is 2.55. The Labute approximate surface area is 116 Å². The third kappa shape index (κ3) is 4.75. The van der Waals surface area contributed by atoms with E-state index in [2.05, 4.69) is 15.5 Å². The number of halogens is 1. The van der Waals surface area contributed by atoms with E-state index in [1.165, 1.54) is 25.7 Å². The summed E-state index contributed by atoms with van der Waals surface area (Å²) in [5, 5.41) is 6.58. The van der Waals surface area contributed by atoms with Crippen molar-refractivity contribution in [1.82, 2.24) is 15.5 Å². The van der Waals surface area contributed by atoms with Crippen molar-refractivity contribution in [2.45, 2.75) is 50.6 Å². The highest BCUT2D eigenvalue weighted by atomic mass is 35.5. The maximum Gasteiger partial charge on any atom is 0.222 e. The first-order chi connectivity index (χ1) is 8.31. The number of nitrogens with zero attached hydrogens (tertiary/aromatic N) is 1. The molecule has 0 aromatic heterocycles. The number of carbonyl (C=O) groups excluding carboxylic acids is 1. The Morgan fingerprint density at radius 3 is 2.72 bits per heavy atom. The van der Waals surface area contributed by atoms with Crippen molar-refractivity contribution in [3.63, 3.8) is 0 Å². The lowest BCUT2D eigenvalue weighted by Gasteiger charge is -2.26. The molecule has 1 amide bonds. The zero-order valence-corrected chi connectivity index (χ0v) is 12.1. The minimum absolute atomic E-state index is 0.